The fourth-order valence-electron chi connectivity index (χ4n) is 2.19. The van der Waals surface area contributed by atoms with Crippen molar-refractivity contribution in [1.29, 1.82) is 0 Å². The topological polar surface area (TPSA) is 92.8 Å². The van der Waals surface area contributed by atoms with Gasteiger partial charge in [0.15, 0.2) is 0 Å². The van der Waals surface area contributed by atoms with Gasteiger partial charge in [-0.25, -0.2) is 22.0 Å². The van der Waals surface area contributed by atoms with E-state index in [1.54, 1.807) is 0 Å². The third-order valence-electron chi connectivity index (χ3n) is 3.47. The van der Waals surface area contributed by atoms with Crippen molar-refractivity contribution in [1.82, 2.24) is 0 Å². The van der Waals surface area contributed by atoms with Crippen molar-refractivity contribution in [2.24, 2.45) is 0 Å². The Morgan fingerprint density at radius 3 is 2.26 bits per heavy atom. The summed E-state index contributed by atoms with van der Waals surface area (Å²) in [6, 6.07) is 7.93. The van der Waals surface area contributed by atoms with Crippen LogP contribution in [0.1, 0.15) is 10.4 Å². The van der Waals surface area contributed by atoms with Crippen molar-refractivity contribution >= 4 is 33.3 Å². The third kappa shape index (κ3) is 5.23. The molecule has 0 aliphatic carbocycles. The van der Waals surface area contributed by atoms with Crippen molar-refractivity contribution in [3.05, 3.63) is 59.7 Å². The van der Waals surface area contributed by atoms with Crippen LogP contribution in [0.25, 0.3) is 0 Å². The van der Waals surface area contributed by atoms with Gasteiger partial charge in [0, 0.05) is 6.07 Å². The number of nitrogens with one attached hydrogen (secondary N) is 1. The van der Waals surface area contributed by atoms with Gasteiger partial charge in [0.2, 0.25) is 15.9 Å². The maximum atomic E-state index is 13.6. The van der Waals surface area contributed by atoms with Gasteiger partial charge in [-0.05, 0) is 36.4 Å². The van der Waals surface area contributed by atoms with E-state index in [2.05, 4.69) is 10.1 Å². The van der Waals surface area contributed by atoms with Crippen LogP contribution in [0.5, 0.6) is 0 Å². The maximum Gasteiger partial charge on any atom is 0.337 e. The molecule has 0 radical (unpaired) electrons. The largest absolute Gasteiger partial charge is 0.465 e. The average molecular weight is 398 g/mol. The van der Waals surface area contributed by atoms with Crippen LogP contribution < -0.4 is 9.62 Å². The average Bonchev–Trinajstić information content (AvgIpc) is 2.60. The first-order valence-electron chi connectivity index (χ1n) is 7.53. The van der Waals surface area contributed by atoms with Gasteiger partial charge < -0.3 is 10.1 Å². The summed E-state index contributed by atoms with van der Waals surface area (Å²) in [5.41, 5.74) is 0.0447. The number of carbonyl (C=O) groups is 2. The van der Waals surface area contributed by atoms with Gasteiger partial charge in [-0.15, -0.1) is 0 Å². The Labute approximate surface area is 154 Å². The van der Waals surface area contributed by atoms with E-state index in [0.717, 1.165) is 22.7 Å². The molecule has 7 nitrogen and oxygen atoms in total. The smallest absolute Gasteiger partial charge is 0.337 e. The van der Waals surface area contributed by atoms with Crippen LogP contribution in [0.4, 0.5) is 20.2 Å². The fraction of sp³-hybridized carbons (Fsp3) is 0.176. The van der Waals surface area contributed by atoms with Gasteiger partial charge in [0.1, 0.15) is 18.2 Å². The summed E-state index contributed by atoms with van der Waals surface area (Å²) in [5, 5.41) is 2.19. The first-order chi connectivity index (χ1) is 12.6. The molecule has 2 aromatic carbocycles. The quantitative estimate of drug-likeness (QED) is 0.753. The predicted octanol–water partition coefficient (Wildman–Crippen LogP) is 2.16. The number of nitrogens with zero attached hydrogens (tertiary/aromatic N) is 1. The highest BCUT2D eigenvalue weighted by molar-refractivity contribution is 7.92. The van der Waals surface area contributed by atoms with E-state index in [9.17, 15) is 26.8 Å². The van der Waals surface area contributed by atoms with Gasteiger partial charge in [0.25, 0.3) is 0 Å². The van der Waals surface area contributed by atoms with Crippen LogP contribution in [0.3, 0.4) is 0 Å². The SMILES string of the molecule is COC(=O)c1ccc(N(CC(=O)Nc2ccc(F)cc2F)S(C)(=O)=O)cc1. The van der Waals surface area contributed by atoms with E-state index in [0.29, 0.717) is 6.07 Å². The lowest BCUT2D eigenvalue weighted by Crippen LogP contribution is -2.37. The predicted molar refractivity (Wildman–Crippen MR) is 95.0 cm³/mol. The standard InChI is InChI=1S/C17H16F2N2O5S/c1-26-17(23)11-3-6-13(7-4-11)21(27(2,24)25)10-16(22)20-15-8-5-12(18)9-14(15)19/h3-9H,10H2,1-2H3,(H,20,22). The Morgan fingerprint density at radius 1 is 1.11 bits per heavy atom. The minimum Gasteiger partial charge on any atom is -0.465 e. The molecule has 0 saturated heterocycles. The van der Waals surface area contributed by atoms with Crippen molar-refractivity contribution in [2.45, 2.75) is 0 Å². The zero-order chi connectivity index (χ0) is 20.2. The van der Waals surface area contributed by atoms with Crippen LogP contribution >= 0.6 is 0 Å². The number of halogens is 2. The van der Waals surface area contributed by atoms with Crippen molar-refractivity contribution in [3.63, 3.8) is 0 Å². The van der Waals surface area contributed by atoms with Gasteiger partial charge in [-0.3, -0.25) is 9.10 Å². The minimum absolute atomic E-state index is 0.125. The fourth-order valence-corrected chi connectivity index (χ4v) is 3.05. The number of amides is 1. The van der Waals surface area contributed by atoms with E-state index >= 15 is 0 Å². The molecule has 144 valence electrons. The molecule has 1 N–H and O–H groups in total. The molecule has 0 bridgehead atoms. The van der Waals surface area contributed by atoms with Gasteiger partial charge >= 0.3 is 5.97 Å². The molecule has 1 amide bonds. The van der Waals surface area contributed by atoms with Gasteiger partial charge in [0.05, 0.1) is 30.3 Å². The van der Waals surface area contributed by atoms with Gasteiger partial charge in [-0.1, -0.05) is 0 Å². The van der Waals surface area contributed by atoms with Crippen molar-refractivity contribution < 1.29 is 31.5 Å². The number of hydrogen-bond acceptors (Lipinski definition) is 5. The maximum absolute atomic E-state index is 13.6. The number of hydrogen-bond donors (Lipinski definition) is 1. The normalized spacial score (nSPS) is 11.0. The molecule has 2 aromatic rings. The third-order valence-corrected chi connectivity index (χ3v) is 4.61. The first-order valence-corrected chi connectivity index (χ1v) is 9.37. The highest BCUT2D eigenvalue weighted by Crippen LogP contribution is 2.20. The second kappa shape index (κ2) is 8.12. The molecule has 0 heterocycles. The lowest BCUT2D eigenvalue weighted by Gasteiger charge is -2.22. The number of carbonyl (C=O) groups excluding carboxylic acids is 2. The molecule has 0 aliphatic rings. The zero-order valence-corrected chi connectivity index (χ0v) is 15.2. The Hall–Kier alpha value is -3.01. The molecule has 0 atom stereocenters. The summed E-state index contributed by atoms with van der Waals surface area (Å²) in [4.78, 5) is 23.6. The number of ether oxygens (including phenoxy) is 1. The second-order valence-electron chi connectivity index (χ2n) is 5.48. The summed E-state index contributed by atoms with van der Waals surface area (Å²) in [7, 11) is -2.65. The Bertz CT molecular complexity index is 962. The molecule has 0 aromatic heterocycles. The zero-order valence-electron chi connectivity index (χ0n) is 14.4. The van der Waals surface area contributed by atoms with Crippen LogP contribution in [0.15, 0.2) is 42.5 Å². The van der Waals surface area contributed by atoms with Gasteiger partial charge in [-0.2, -0.15) is 0 Å². The van der Waals surface area contributed by atoms with Crippen molar-refractivity contribution in [3.8, 4) is 0 Å². The van der Waals surface area contributed by atoms with Crippen LogP contribution in [0, 0.1) is 11.6 Å². The van der Waals surface area contributed by atoms with Crippen LogP contribution in [-0.4, -0.2) is 40.2 Å². The highest BCUT2D eigenvalue weighted by Gasteiger charge is 2.22. The monoisotopic (exact) mass is 398 g/mol. The summed E-state index contributed by atoms with van der Waals surface area (Å²) in [6.45, 7) is -0.646. The van der Waals surface area contributed by atoms with E-state index in [-0.39, 0.29) is 16.9 Å². The second-order valence-corrected chi connectivity index (χ2v) is 7.39. The summed E-state index contributed by atoms with van der Waals surface area (Å²) >= 11 is 0. The van der Waals surface area contributed by atoms with E-state index in [1.807, 2.05) is 0 Å². The molecule has 0 fully saturated rings. The summed E-state index contributed by atoms with van der Waals surface area (Å²) < 4.78 is 56.0. The lowest BCUT2D eigenvalue weighted by atomic mass is 10.2. The number of rotatable bonds is 6. The summed E-state index contributed by atoms with van der Waals surface area (Å²) in [5.74, 6) is -3.23. The Balaban J connectivity index is 2.22. The van der Waals surface area contributed by atoms with Crippen molar-refractivity contribution in [2.75, 3.05) is 29.5 Å². The molecule has 0 unspecified atom stereocenters. The van der Waals surface area contributed by atoms with E-state index in [4.69, 9.17) is 0 Å². The van der Waals surface area contributed by atoms with Crippen LogP contribution in [-0.2, 0) is 19.6 Å². The number of benzene rings is 2. The molecule has 27 heavy (non-hydrogen) atoms. The molecule has 2 rings (SSSR count). The molecule has 0 spiro atoms. The number of esters is 1. The van der Waals surface area contributed by atoms with Crippen LogP contribution in [0.2, 0.25) is 0 Å². The van der Waals surface area contributed by atoms with E-state index < -0.39 is 40.1 Å². The van der Waals surface area contributed by atoms with E-state index in [1.165, 1.54) is 31.4 Å². The summed E-state index contributed by atoms with van der Waals surface area (Å²) in [6.07, 6.45) is 0.896. The Kier molecular flexibility index (Phi) is 6.11. The molecule has 0 saturated carbocycles. The number of sulfonamides is 1. The molecular formula is C17H16F2N2O5S. The molecule has 0 aliphatic heterocycles. The lowest BCUT2D eigenvalue weighted by molar-refractivity contribution is -0.114. The number of methoxy groups -OCH3 is 1. The Morgan fingerprint density at radius 2 is 1.74 bits per heavy atom. The number of anilines is 2. The highest BCUT2D eigenvalue weighted by atomic mass is 32.2. The first kappa shape index (κ1) is 20.3. The minimum atomic E-state index is -3.86. The molecule has 10 heteroatoms. The molecular weight excluding hydrogens is 382 g/mol.